The maximum Gasteiger partial charge on any atom is 0.323 e. The van der Waals surface area contributed by atoms with Crippen LogP contribution in [-0.4, -0.2) is 39.9 Å². The number of aliphatic carboxylic acids is 1. The Morgan fingerprint density at radius 2 is 2.03 bits per heavy atom. The highest BCUT2D eigenvalue weighted by Crippen LogP contribution is 2.39. The molecule has 1 fully saturated rings. The lowest BCUT2D eigenvalue weighted by atomic mass is 10.1. The maximum atomic E-state index is 12.4. The van der Waals surface area contributed by atoms with Crippen molar-refractivity contribution in [1.29, 1.82) is 0 Å². The number of methoxy groups -OCH3 is 1. The summed E-state index contributed by atoms with van der Waals surface area (Å²) in [5.41, 5.74) is 1.59. The molecule has 1 aliphatic rings. The zero-order chi connectivity index (χ0) is 21.8. The summed E-state index contributed by atoms with van der Waals surface area (Å²) in [4.78, 5) is 24.7. The lowest BCUT2D eigenvalue weighted by Gasteiger charge is -2.14. The fraction of sp³-hybridized carbons (Fsp3) is 0.150. The second kappa shape index (κ2) is 9.99. The van der Waals surface area contributed by atoms with E-state index in [1.165, 1.54) is 7.11 Å². The average Bonchev–Trinajstić information content (AvgIpc) is 2.95. The molecule has 0 saturated carbocycles. The van der Waals surface area contributed by atoms with Gasteiger partial charge in [0, 0.05) is 3.57 Å². The van der Waals surface area contributed by atoms with Crippen LogP contribution in [0, 0.1) is 3.57 Å². The van der Waals surface area contributed by atoms with E-state index in [1.807, 2.05) is 24.3 Å². The molecule has 1 amide bonds. The van der Waals surface area contributed by atoms with Crippen molar-refractivity contribution in [2.75, 3.05) is 13.7 Å². The Bertz CT molecular complexity index is 1040. The highest BCUT2D eigenvalue weighted by Gasteiger charge is 2.33. The Morgan fingerprint density at radius 3 is 2.67 bits per heavy atom. The van der Waals surface area contributed by atoms with Crippen molar-refractivity contribution in [2.45, 2.75) is 6.61 Å². The number of benzene rings is 2. The van der Waals surface area contributed by atoms with E-state index in [0.717, 1.165) is 25.8 Å². The summed E-state index contributed by atoms with van der Waals surface area (Å²) in [6, 6.07) is 11.3. The first-order valence-electron chi connectivity index (χ1n) is 8.50. The van der Waals surface area contributed by atoms with Crippen LogP contribution in [0.15, 0.2) is 41.3 Å². The van der Waals surface area contributed by atoms with E-state index in [2.05, 4.69) is 22.6 Å². The van der Waals surface area contributed by atoms with E-state index in [1.54, 1.807) is 18.2 Å². The number of halogens is 2. The summed E-state index contributed by atoms with van der Waals surface area (Å²) in [5, 5.41) is 9.26. The van der Waals surface area contributed by atoms with Crippen molar-refractivity contribution < 1.29 is 24.2 Å². The van der Waals surface area contributed by atoms with E-state index >= 15 is 0 Å². The number of nitrogens with zero attached hydrogens (tertiary/aromatic N) is 1. The topological polar surface area (TPSA) is 76.1 Å². The molecule has 0 radical (unpaired) electrons. The fourth-order valence-corrected chi connectivity index (χ4v) is 4.51. The number of carbonyl (C=O) groups excluding carboxylic acids is 1. The van der Waals surface area contributed by atoms with Crippen LogP contribution in [0.1, 0.15) is 11.1 Å². The molecule has 1 saturated heterocycles. The van der Waals surface area contributed by atoms with E-state index < -0.39 is 18.4 Å². The molecule has 10 heteroatoms. The van der Waals surface area contributed by atoms with Crippen molar-refractivity contribution >= 4 is 80.4 Å². The number of carboxylic acid groups (broad SMARTS) is 1. The highest BCUT2D eigenvalue weighted by molar-refractivity contribution is 14.1. The number of rotatable bonds is 7. The summed E-state index contributed by atoms with van der Waals surface area (Å²) < 4.78 is 12.6. The van der Waals surface area contributed by atoms with Crippen LogP contribution in [0.3, 0.4) is 0 Å². The highest BCUT2D eigenvalue weighted by atomic mass is 127. The Hall–Kier alpha value is -1.82. The van der Waals surface area contributed by atoms with Crippen molar-refractivity contribution in [1.82, 2.24) is 4.90 Å². The predicted molar refractivity (Wildman–Crippen MR) is 129 cm³/mol. The molecule has 1 N–H and O–H groups in total. The maximum absolute atomic E-state index is 12.4. The molecule has 30 heavy (non-hydrogen) atoms. The van der Waals surface area contributed by atoms with Crippen molar-refractivity contribution in [3.8, 4) is 11.5 Å². The monoisotopic (exact) mass is 575 g/mol. The minimum Gasteiger partial charge on any atom is -0.493 e. The Labute approximate surface area is 201 Å². The Kier molecular flexibility index (Phi) is 7.61. The normalized spacial score (nSPS) is 15.0. The van der Waals surface area contributed by atoms with Crippen LogP contribution in [0.25, 0.3) is 6.08 Å². The number of carboxylic acids is 1. The average molecular weight is 576 g/mol. The number of hydrogen-bond acceptors (Lipinski definition) is 6. The number of carbonyl (C=O) groups is 2. The van der Waals surface area contributed by atoms with Crippen LogP contribution in [0.2, 0.25) is 5.02 Å². The zero-order valence-corrected chi connectivity index (χ0v) is 20.1. The van der Waals surface area contributed by atoms with Gasteiger partial charge in [0.05, 0.1) is 17.0 Å². The minimum atomic E-state index is -1.13. The van der Waals surface area contributed by atoms with Crippen molar-refractivity contribution in [2.24, 2.45) is 0 Å². The molecular formula is C20H15ClINO5S2. The van der Waals surface area contributed by atoms with Gasteiger partial charge in [-0.25, -0.2) is 0 Å². The van der Waals surface area contributed by atoms with Crippen LogP contribution >= 0.6 is 58.2 Å². The lowest BCUT2D eigenvalue weighted by molar-refractivity contribution is -0.140. The molecule has 3 rings (SSSR count). The first-order valence-corrected chi connectivity index (χ1v) is 11.2. The molecule has 0 spiro atoms. The van der Waals surface area contributed by atoms with Gasteiger partial charge >= 0.3 is 5.97 Å². The molecule has 156 valence electrons. The second-order valence-corrected chi connectivity index (χ2v) is 9.44. The number of thiocarbonyl (C=S) groups is 1. The molecule has 0 aromatic heterocycles. The van der Waals surface area contributed by atoms with E-state index in [0.29, 0.717) is 33.6 Å². The van der Waals surface area contributed by atoms with E-state index in [-0.39, 0.29) is 4.32 Å². The van der Waals surface area contributed by atoms with Crippen LogP contribution in [0.5, 0.6) is 11.5 Å². The van der Waals surface area contributed by atoms with Gasteiger partial charge < -0.3 is 14.6 Å². The number of hydrogen-bond donors (Lipinski definition) is 1. The molecule has 0 aliphatic carbocycles. The summed E-state index contributed by atoms with van der Waals surface area (Å²) >= 11 is 14.8. The van der Waals surface area contributed by atoms with Crippen LogP contribution in [0.4, 0.5) is 0 Å². The largest absolute Gasteiger partial charge is 0.493 e. The number of thioether (sulfide) groups is 1. The van der Waals surface area contributed by atoms with E-state index in [9.17, 15) is 9.59 Å². The zero-order valence-electron chi connectivity index (χ0n) is 15.6. The molecule has 0 bridgehead atoms. The Balaban J connectivity index is 1.82. The molecule has 1 heterocycles. The first-order chi connectivity index (χ1) is 14.3. The van der Waals surface area contributed by atoms with Gasteiger partial charge in [0.25, 0.3) is 5.91 Å². The van der Waals surface area contributed by atoms with Gasteiger partial charge in [0.2, 0.25) is 0 Å². The number of ether oxygens (including phenoxy) is 2. The lowest BCUT2D eigenvalue weighted by Crippen LogP contribution is -2.33. The third-order valence-electron chi connectivity index (χ3n) is 4.01. The van der Waals surface area contributed by atoms with Gasteiger partial charge in [-0.15, -0.1) is 0 Å². The van der Waals surface area contributed by atoms with Crippen molar-refractivity contribution in [3.05, 3.63) is 61.0 Å². The smallest absolute Gasteiger partial charge is 0.323 e. The molecule has 2 aromatic rings. The van der Waals surface area contributed by atoms with Crippen molar-refractivity contribution in [3.63, 3.8) is 0 Å². The fourth-order valence-electron chi connectivity index (χ4n) is 2.62. The van der Waals surface area contributed by atoms with Gasteiger partial charge in [-0.2, -0.15) is 0 Å². The summed E-state index contributed by atoms with van der Waals surface area (Å²) in [7, 11) is 1.50. The first kappa shape index (κ1) is 22.9. The SMILES string of the molecule is COc1cc(/C=C2/SC(=S)N(CC(=O)O)C2=O)cc(Cl)c1OCc1ccc(I)cc1. The summed E-state index contributed by atoms with van der Waals surface area (Å²) in [6.07, 6.45) is 1.60. The third kappa shape index (κ3) is 5.45. The molecular weight excluding hydrogens is 561 g/mol. The van der Waals surface area contributed by atoms with Gasteiger partial charge in [0.15, 0.2) is 11.5 Å². The quantitative estimate of drug-likeness (QED) is 0.288. The summed E-state index contributed by atoms with van der Waals surface area (Å²) in [5.74, 6) is -0.776. The molecule has 0 unspecified atom stereocenters. The van der Waals surface area contributed by atoms with Gasteiger partial charge in [-0.05, 0) is 64.1 Å². The van der Waals surface area contributed by atoms with Crippen LogP contribution < -0.4 is 9.47 Å². The minimum absolute atomic E-state index is 0.198. The summed E-state index contributed by atoms with van der Waals surface area (Å²) in [6.45, 7) is -0.155. The third-order valence-corrected chi connectivity index (χ3v) is 6.39. The van der Waals surface area contributed by atoms with E-state index in [4.69, 9.17) is 38.4 Å². The van der Waals surface area contributed by atoms with Gasteiger partial charge in [-0.1, -0.05) is 47.7 Å². The predicted octanol–water partition coefficient (Wildman–Crippen LogP) is 4.82. The standard InChI is InChI=1S/C20H15ClINO5S2/c1-27-15-7-12(8-16-19(26)23(9-17(24)25)20(29)30-16)6-14(21)18(15)28-10-11-2-4-13(22)5-3-11/h2-8H,9-10H2,1H3,(H,24,25)/b16-8+. The molecule has 6 nitrogen and oxygen atoms in total. The second-order valence-electron chi connectivity index (χ2n) is 6.11. The number of amides is 1. The molecule has 0 atom stereocenters. The molecule has 2 aromatic carbocycles. The van der Waals surface area contributed by atoms with Crippen LogP contribution in [-0.2, 0) is 16.2 Å². The van der Waals surface area contributed by atoms with Gasteiger partial charge in [-0.3, -0.25) is 14.5 Å². The molecule has 1 aliphatic heterocycles. The Morgan fingerprint density at radius 1 is 1.33 bits per heavy atom. The van der Waals surface area contributed by atoms with Gasteiger partial charge in [0.1, 0.15) is 17.5 Å².